The van der Waals surface area contributed by atoms with Crippen LogP contribution in [0, 0.1) is 11.8 Å². The Labute approximate surface area is 111 Å². The van der Waals surface area contributed by atoms with Crippen molar-refractivity contribution in [2.45, 2.75) is 63.7 Å². The monoisotopic (exact) mass is 252 g/mol. The van der Waals surface area contributed by atoms with E-state index in [2.05, 4.69) is 18.7 Å². The van der Waals surface area contributed by atoms with Crippen LogP contribution in [0.25, 0.3) is 0 Å². The van der Waals surface area contributed by atoms with E-state index in [1.54, 1.807) is 0 Å². The summed E-state index contributed by atoms with van der Waals surface area (Å²) in [6.45, 7) is 7.88. The Balaban J connectivity index is 1.82. The van der Waals surface area contributed by atoms with E-state index in [1.807, 2.05) is 0 Å². The van der Waals surface area contributed by atoms with E-state index in [1.165, 1.54) is 32.1 Å². The molecule has 104 valence electrons. The number of ether oxygens (including phenoxy) is 1. The highest BCUT2D eigenvalue weighted by Gasteiger charge is 2.48. The van der Waals surface area contributed by atoms with Gasteiger partial charge in [-0.05, 0) is 31.1 Å². The summed E-state index contributed by atoms with van der Waals surface area (Å²) < 4.78 is 5.99. The third-order valence-corrected chi connectivity index (χ3v) is 6.00. The average Bonchev–Trinajstić information content (AvgIpc) is 2.72. The predicted octanol–water partition coefficient (Wildman–Crippen LogP) is 2.00. The maximum Gasteiger partial charge on any atom is 0.0707 e. The Kier molecular flexibility index (Phi) is 3.41. The van der Waals surface area contributed by atoms with Crippen LogP contribution in [0.2, 0.25) is 0 Å². The molecule has 0 aromatic carbocycles. The van der Waals surface area contributed by atoms with Crippen LogP contribution < -0.4 is 5.73 Å². The second-order valence-corrected chi connectivity index (χ2v) is 6.83. The molecule has 3 rings (SSSR count). The summed E-state index contributed by atoms with van der Waals surface area (Å²) in [5.41, 5.74) is 6.50. The molecule has 0 amide bonds. The van der Waals surface area contributed by atoms with Crippen molar-refractivity contribution in [2.75, 3.05) is 19.6 Å². The van der Waals surface area contributed by atoms with Crippen LogP contribution in [0.3, 0.4) is 0 Å². The van der Waals surface area contributed by atoms with E-state index in [0.29, 0.717) is 18.1 Å². The molecule has 1 aliphatic carbocycles. The summed E-state index contributed by atoms with van der Waals surface area (Å²) in [7, 11) is 0. The van der Waals surface area contributed by atoms with Gasteiger partial charge in [-0.15, -0.1) is 0 Å². The lowest BCUT2D eigenvalue weighted by Gasteiger charge is -2.54. The lowest BCUT2D eigenvalue weighted by Crippen LogP contribution is -2.64. The van der Waals surface area contributed by atoms with E-state index in [0.717, 1.165) is 25.6 Å². The zero-order chi connectivity index (χ0) is 12.8. The highest BCUT2D eigenvalue weighted by Crippen LogP contribution is 2.43. The molecular weight excluding hydrogens is 224 g/mol. The molecule has 2 aliphatic heterocycles. The molecule has 3 nitrogen and oxygen atoms in total. The smallest absolute Gasteiger partial charge is 0.0707 e. The quantitative estimate of drug-likeness (QED) is 0.817. The number of hydrogen-bond donors (Lipinski definition) is 1. The summed E-state index contributed by atoms with van der Waals surface area (Å²) in [6, 6.07) is 0. The first kappa shape index (κ1) is 12.9. The predicted molar refractivity (Wildman–Crippen MR) is 73.4 cm³/mol. The number of fused-ring (bicyclic) bond motifs is 2. The Morgan fingerprint density at radius 1 is 1.17 bits per heavy atom. The minimum atomic E-state index is 0.252. The maximum absolute atomic E-state index is 6.25. The molecule has 2 bridgehead atoms. The van der Waals surface area contributed by atoms with E-state index in [-0.39, 0.29) is 5.54 Å². The van der Waals surface area contributed by atoms with Crippen LogP contribution in [0.1, 0.15) is 46.0 Å². The van der Waals surface area contributed by atoms with Crippen molar-refractivity contribution in [3.63, 3.8) is 0 Å². The fourth-order valence-electron chi connectivity index (χ4n) is 4.58. The number of likely N-dealkylation sites (tertiary alicyclic amines) is 1. The van der Waals surface area contributed by atoms with Gasteiger partial charge in [-0.1, -0.05) is 26.7 Å². The van der Waals surface area contributed by atoms with Crippen molar-refractivity contribution in [3.8, 4) is 0 Å². The summed E-state index contributed by atoms with van der Waals surface area (Å²) in [6.07, 6.45) is 7.48. The fraction of sp³-hybridized carbons (Fsp3) is 1.00. The van der Waals surface area contributed by atoms with Gasteiger partial charge < -0.3 is 10.5 Å². The highest BCUT2D eigenvalue weighted by atomic mass is 16.5. The SMILES string of the molecule is CC1CCCC(CN)(N2CC3CCC(C2)O3)C1C. The summed E-state index contributed by atoms with van der Waals surface area (Å²) in [4.78, 5) is 2.71. The van der Waals surface area contributed by atoms with Gasteiger partial charge in [0.2, 0.25) is 0 Å². The fourth-order valence-corrected chi connectivity index (χ4v) is 4.58. The molecule has 3 heteroatoms. The van der Waals surface area contributed by atoms with Crippen molar-refractivity contribution in [1.82, 2.24) is 4.90 Å². The minimum Gasteiger partial charge on any atom is -0.372 e. The second-order valence-electron chi connectivity index (χ2n) is 6.83. The lowest BCUT2D eigenvalue weighted by atomic mass is 9.67. The molecule has 0 radical (unpaired) electrons. The first-order chi connectivity index (χ1) is 8.65. The summed E-state index contributed by atoms with van der Waals surface area (Å²) in [5.74, 6) is 1.52. The number of hydrogen-bond acceptors (Lipinski definition) is 3. The Hall–Kier alpha value is -0.120. The van der Waals surface area contributed by atoms with Crippen LogP contribution in [0.5, 0.6) is 0 Å². The third kappa shape index (κ3) is 1.91. The first-order valence-electron chi connectivity index (χ1n) is 7.76. The van der Waals surface area contributed by atoms with E-state index in [9.17, 15) is 0 Å². The van der Waals surface area contributed by atoms with Gasteiger partial charge in [-0.3, -0.25) is 4.90 Å². The maximum atomic E-state index is 6.25. The average molecular weight is 252 g/mol. The molecule has 0 aromatic rings. The van der Waals surface area contributed by atoms with Crippen LogP contribution >= 0.6 is 0 Å². The molecular formula is C15H28N2O. The Bertz CT molecular complexity index is 297. The van der Waals surface area contributed by atoms with Gasteiger partial charge >= 0.3 is 0 Å². The van der Waals surface area contributed by atoms with Gasteiger partial charge in [-0.25, -0.2) is 0 Å². The lowest BCUT2D eigenvalue weighted by molar-refractivity contribution is -0.107. The minimum absolute atomic E-state index is 0.252. The second kappa shape index (κ2) is 4.77. The molecule has 2 heterocycles. The van der Waals surface area contributed by atoms with Gasteiger partial charge in [0.1, 0.15) is 0 Å². The van der Waals surface area contributed by atoms with Gasteiger partial charge in [0.25, 0.3) is 0 Å². The number of nitrogens with zero attached hydrogens (tertiary/aromatic N) is 1. The molecule has 5 atom stereocenters. The van der Waals surface area contributed by atoms with Crippen molar-refractivity contribution in [3.05, 3.63) is 0 Å². The van der Waals surface area contributed by atoms with Gasteiger partial charge in [-0.2, -0.15) is 0 Å². The topological polar surface area (TPSA) is 38.5 Å². The van der Waals surface area contributed by atoms with Crippen molar-refractivity contribution < 1.29 is 4.74 Å². The van der Waals surface area contributed by atoms with Gasteiger partial charge in [0.05, 0.1) is 12.2 Å². The van der Waals surface area contributed by atoms with E-state index >= 15 is 0 Å². The number of rotatable bonds is 2. The standard InChI is InChI=1S/C15H28N2O/c1-11-4-3-7-15(10-16,12(11)2)17-8-13-5-6-14(9-17)18-13/h11-14H,3-10,16H2,1-2H3. The summed E-state index contributed by atoms with van der Waals surface area (Å²) >= 11 is 0. The van der Waals surface area contributed by atoms with Crippen LogP contribution in [-0.2, 0) is 4.74 Å². The normalized spacial score (nSPS) is 49.5. The van der Waals surface area contributed by atoms with Crippen LogP contribution in [-0.4, -0.2) is 42.3 Å². The Morgan fingerprint density at radius 2 is 1.83 bits per heavy atom. The van der Waals surface area contributed by atoms with Gasteiger partial charge in [0.15, 0.2) is 0 Å². The molecule has 3 fully saturated rings. The molecule has 0 spiro atoms. The van der Waals surface area contributed by atoms with E-state index in [4.69, 9.17) is 10.5 Å². The Morgan fingerprint density at radius 3 is 2.44 bits per heavy atom. The molecule has 2 N–H and O–H groups in total. The van der Waals surface area contributed by atoms with Crippen molar-refractivity contribution in [1.29, 1.82) is 0 Å². The van der Waals surface area contributed by atoms with Gasteiger partial charge in [0, 0.05) is 25.2 Å². The molecule has 1 saturated carbocycles. The molecule has 18 heavy (non-hydrogen) atoms. The molecule has 5 unspecified atom stereocenters. The first-order valence-corrected chi connectivity index (χ1v) is 7.76. The largest absolute Gasteiger partial charge is 0.372 e. The summed E-state index contributed by atoms with van der Waals surface area (Å²) in [5, 5.41) is 0. The zero-order valence-electron chi connectivity index (χ0n) is 11.9. The molecule has 2 saturated heterocycles. The van der Waals surface area contributed by atoms with Crippen molar-refractivity contribution in [2.24, 2.45) is 17.6 Å². The molecule has 3 aliphatic rings. The van der Waals surface area contributed by atoms with Crippen LogP contribution in [0.4, 0.5) is 0 Å². The zero-order valence-corrected chi connectivity index (χ0v) is 11.9. The highest BCUT2D eigenvalue weighted by molar-refractivity contribution is 5.03. The van der Waals surface area contributed by atoms with E-state index < -0.39 is 0 Å². The number of morpholine rings is 1. The third-order valence-electron chi connectivity index (χ3n) is 6.00. The van der Waals surface area contributed by atoms with Crippen molar-refractivity contribution >= 4 is 0 Å². The molecule has 0 aromatic heterocycles. The van der Waals surface area contributed by atoms with Crippen LogP contribution in [0.15, 0.2) is 0 Å². The number of nitrogens with two attached hydrogens (primary N) is 1.